The maximum Gasteiger partial charge on any atom is 0.312 e. The van der Waals surface area contributed by atoms with Gasteiger partial charge in [-0.2, -0.15) is 14.4 Å². The van der Waals surface area contributed by atoms with Crippen molar-refractivity contribution in [1.29, 1.82) is 0 Å². The lowest BCUT2D eigenvalue weighted by molar-refractivity contribution is 0.375. The fourth-order valence-corrected chi connectivity index (χ4v) is 3.99. The van der Waals surface area contributed by atoms with Gasteiger partial charge in [-0.05, 0) is 35.2 Å². The number of hydrogen-bond acceptors (Lipinski definition) is 8. The topological polar surface area (TPSA) is 121 Å². The quantitative estimate of drug-likeness (QED) is 0.272. The second kappa shape index (κ2) is 8.53. The van der Waals surface area contributed by atoms with Gasteiger partial charge in [0.15, 0.2) is 29.0 Å². The van der Waals surface area contributed by atoms with Crippen molar-refractivity contribution in [2.45, 2.75) is 33.7 Å². The van der Waals surface area contributed by atoms with Crippen molar-refractivity contribution in [3.05, 3.63) is 54.4 Å². The normalized spacial score (nSPS) is 12.2. The van der Waals surface area contributed by atoms with Gasteiger partial charge in [0, 0.05) is 31.6 Å². The molecule has 0 aliphatic rings. The molecule has 0 spiro atoms. The Morgan fingerprint density at radius 2 is 2.00 bits per heavy atom. The number of nitrogens with zero attached hydrogens (tertiary/aromatic N) is 5. The average molecular weight is 464 g/mol. The third kappa shape index (κ3) is 4.36. The summed E-state index contributed by atoms with van der Waals surface area (Å²) < 4.78 is 27.2. The fourth-order valence-electron chi connectivity index (χ4n) is 3.99. The smallest absolute Gasteiger partial charge is 0.312 e. The number of hydrogen-bond donors (Lipinski definition) is 2. The third-order valence-corrected chi connectivity index (χ3v) is 5.53. The van der Waals surface area contributed by atoms with Gasteiger partial charge in [0.05, 0.1) is 6.26 Å². The Hall–Kier alpha value is -3.79. The first-order valence-electron chi connectivity index (χ1n) is 11.1. The molecule has 0 bridgehead atoms. The van der Waals surface area contributed by atoms with Crippen molar-refractivity contribution in [3.8, 4) is 11.3 Å². The lowest BCUT2D eigenvalue weighted by atomic mass is 9.97. The molecule has 4 heterocycles. The molecule has 176 valence electrons. The van der Waals surface area contributed by atoms with Gasteiger partial charge in [-0.25, -0.2) is 9.97 Å². The lowest BCUT2D eigenvalue weighted by Gasteiger charge is -2.19. The number of imidazole rings is 1. The van der Waals surface area contributed by atoms with Crippen LogP contribution in [0, 0.1) is 11.5 Å². The molecule has 0 saturated carbocycles. The molecule has 5 aromatic rings. The van der Waals surface area contributed by atoms with Gasteiger partial charge in [0.1, 0.15) is 17.1 Å². The van der Waals surface area contributed by atoms with Crippen LogP contribution in [0.5, 0.6) is 0 Å². The van der Waals surface area contributed by atoms with Gasteiger partial charge < -0.3 is 24.5 Å². The van der Waals surface area contributed by atoms with Crippen molar-refractivity contribution < 1.29 is 13.2 Å². The number of anilines is 1. The van der Waals surface area contributed by atoms with Crippen molar-refractivity contribution in [1.82, 2.24) is 29.8 Å². The monoisotopic (exact) mass is 463 g/mol. The van der Waals surface area contributed by atoms with Gasteiger partial charge in [0.2, 0.25) is 0 Å². The zero-order valence-corrected chi connectivity index (χ0v) is 19.3. The molecule has 5 rings (SSSR count). The Morgan fingerprint density at radius 3 is 2.76 bits per heavy atom. The number of oxazole rings is 1. The van der Waals surface area contributed by atoms with Crippen LogP contribution in [0.4, 0.5) is 10.2 Å². The maximum atomic E-state index is 14.1. The molecule has 0 unspecified atom stereocenters. The highest BCUT2D eigenvalue weighted by atomic mass is 19.1. The van der Waals surface area contributed by atoms with E-state index in [0.717, 1.165) is 23.2 Å². The van der Waals surface area contributed by atoms with Gasteiger partial charge in [0.25, 0.3) is 0 Å². The number of furan rings is 1. The van der Waals surface area contributed by atoms with Crippen LogP contribution in [0.3, 0.4) is 0 Å². The van der Waals surface area contributed by atoms with Gasteiger partial charge in [-0.3, -0.25) is 0 Å². The molecular weight excluding hydrogens is 437 g/mol. The Labute approximate surface area is 195 Å². The Bertz CT molecular complexity index is 1450. The minimum Gasteiger partial charge on any atom is -0.464 e. The predicted octanol–water partition coefficient (Wildman–Crippen LogP) is 4.18. The second-order valence-electron chi connectivity index (χ2n) is 9.45. The largest absolute Gasteiger partial charge is 0.464 e. The number of halogens is 1. The summed E-state index contributed by atoms with van der Waals surface area (Å²) in [6.45, 7) is 8.53. The van der Waals surface area contributed by atoms with Crippen LogP contribution in [-0.4, -0.2) is 37.6 Å². The van der Waals surface area contributed by atoms with E-state index in [-0.39, 0.29) is 11.2 Å². The van der Waals surface area contributed by atoms with Gasteiger partial charge in [-0.1, -0.05) is 20.8 Å². The summed E-state index contributed by atoms with van der Waals surface area (Å²) in [5.74, 6) is 1.41. The highest BCUT2D eigenvalue weighted by Gasteiger charge is 2.20. The summed E-state index contributed by atoms with van der Waals surface area (Å²) in [6.07, 6.45) is 2.58. The molecule has 0 amide bonds. The van der Waals surface area contributed by atoms with E-state index < -0.39 is 6.08 Å². The minimum atomic E-state index is -0.875. The summed E-state index contributed by atoms with van der Waals surface area (Å²) in [4.78, 5) is 16.6. The van der Waals surface area contributed by atoms with Crippen LogP contribution in [-0.2, 0) is 13.0 Å². The zero-order chi connectivity index (χ0) is 23.9. The average Bonchev–Trinajstić information content (AvgIpc) is 3.50. The summed E-state index contributed by atoms with van der Waals surface area (Å²) in [5, 5.41) is 3.45. The van der Waals surface area contributed by atoms with E-state index in [1.165, 1.54) is 6.39 Å². The zero-order valence-electron chi connectivity index (χ0n) is 19.3. The summed E-state index contributed by atoms with van der Waals surface area (Å²) in [7, 11) is 0. The SMILES string of the molecule is CC(C)(C)CNCCn1c(Cc2cc3ocnc3cc2-c2ccco2)nc2c(N)nc(F)nc21. The Morgan fingerprint density at radius 1 is 1.15 bits per heavy atom. The molecule has 0 atom stereocenters. The molecule has 4 aromatic heterocycles. The number of nitrogens with two attached hydrogens (primary N) is 1. The molecule has 0 aliphatic heterocycles. The third-order valence-electron chi connectivity index (χ3n) is 5.53. The Balaban J connectivity index is 1.56. The lowest BCUT2D eigenvalue weighted by Crippen LogP contribution is -2.30. The van der Waals surface area contributed by atoms with E-state index in [9.17, 15) is 4.39 Å². The molecule has 0 fully saturated rings. The maximum absolute atomic E-state index is 14.1. The van der Waals surface area contributed by atoms with E-state index in [2.05, 4.69) is 41.0 Å². The first kappa shape index (κ1) is 22.0. The van der Waals surface area contributed by atoms with Crippen LogP contribution in [0.15, 0.2) is 45.8 Å². The minimum absolute atomic E-state index is 0.0158. The van der Waals surface area contributed by atoms with Crippen LogP contribution < -0.4 is 11.1 Å². The van der Waals surface area contributed by atoms with Crippen LogP contribution >= 0.6 is 0 Å². The number of aromatic nitrogens is 5. The summed E-state index contributed by atoms with van der Waals surface area (Å²) in [6, 6.07) is 7.58. The van der Waals surface area contributed by atoms with E-state index in [4.69, 9.17) is 19.6 Å². The molecular formula is C24H26FN7O2. The number of rotatable bonds is 7. The highest BCUT2D eigenvalue weighted by Crippen LogP contribution is 2.31. The van der Waals surface area contributed by atoms with Crippen molar-refractivity contribution >= 4 is 28.1 Å². The molecule has 10 heteroatoms. The van der Waals surface area contributed by atoms with Crippen LogP contribution in [0.25, 0.3) is 33.6 Å². The number of nitrogen functional groups attached to an aromatic ring is 1. The van der Waals surface area contributed by atoms with Gasteiger partial charge in [-0.15, -0.1) is 0 Å². The molecule has 34 heavy (non-hydrogen) atoms. The fraction of sp³-hybridized carbons (Fsp3) is 0.333. The molecule has 3 N–H and O–H groups in total. The van der Waals surface area contributed by atoms with Crippen molar-refractivity contribution in [3.63, 3.8) is 0 Å². The van der Waals surface area contributed by atoms with E-state index in [1.807, 2.05) is 28.8 Å². The van der Waals surface area contributed by atoms with Crippen molar-refractivity contribution in [2.24, 2.45) is 5.41 Å². The molecule has 0 saturated heterocycles. The van der Waals surface area contributed by atoms with Crippen molar-refractivity contribution in [2.75, 3.05) is 18.8 Å². The molecule has 9 nitrogen and oxygen atoms in total. The standard InChI is InChI=1S/C24H26FN7O2/c1-24(2,3)12-27-6-7-32-19(29-20-21(26)30-23(25)31-22(20)32)10-14-9-18-16(28-13-34-18)11-15(14)17-5-4-8-33-17/h4-5,8-9,11,13,27H,6-7,10,12H2,1-3H3,(H2,26,30,31). The molecule has 1 aromatic carbocycles. The van der Waals surface area contributed by atoms with E-state index in [1.54, 1.807) is 6.26 Å². The van der Waals surface area contributed by atoms with Crippen LogP contribution in [0.1, 0.15) is 32.2 Å². The summed E-state index contributed by atoms with van der Waals surface area (Å²) >= 11 is 0. The number of benzene rings is 1. The van der Waals surface area contributed by atoms with Gasteiger partial charge >= 0.3 is 6.08 Å². The van der Waals surface area contributed by atoms with Crippen LogP contribution in [0.2, 0.25) is 0 Å². The molecule has 0 aliphatic carbocycles. The van der Waals surface area contributed by atoms with E-state index >= 15 is 0 Å². The number of nitrogens with one attached hydrogen (secondary N) is 1. The second-order valence-corrected chi connectivity index (χ2v) is 9.45. The van der Waals surface area contributed by atoms with E-state index in [0.29, 0.717) is 47.8 Å². The molecule has 0 radical (unpaired) electrons. The first-order valence-corrected chi connectivity index (χ1v) is 11.1. The first-order chi connectivity index (χ1) is 16.3. The summed E-state index contributed by atoms with van der Waals surface area (Å²) in [5.41, 5.74) is 10.1. The number of fused-ring (bicyclic) bond motifs is 2. The highest BCUT2D eigenvalue weighted by molar-refractivity contribution is 5.83. The Kier molecular flexibility index (Phi) is 5.52. The predicted molar refractivity (Wildman–Crippen MR) is 127 cm³/mol.